The third kappa shape index (κ3) is 3.70. The standard InChI is InChI=1S/C21H22O11/c1-7-15(26)17(28)18(29)21(30-7)32-20-16(27)14-12(25)5-9(22)6-13(14)31-19(20)8-2-3-10(23)11(24)4-8/h2-7,15,17-26,28-29H,1H3/t7?,15-,17-,18?,19+,20-,21-/m0/s1. The summed E-state index contributed by atoms with van der Waals surface area (Å²) in [6, 6.07) is 5.72. The summed E-state index contributed by atoms with van der Waals surface area (Å²) in [5.41, 5.74) is -0.1000. The Bertz CT molecular complexity index is 1040. The molecule has 1 fully saturated rings. The fourth-order valence-corrected chi connectivity index (χ4v) is 3.77. The predicted octanol–water partition coefficient (Wildman–Crippen LogP) is 0.0381. The number of hydrogen-bond acceptors (Lipinski definition) is 11. The topological polar surface area (TPSA) is 186 Å². The van der Waals surface area contributed by atoms with Crippen molar-refractivity contribution in [1.82, 2.24) is 0 Å². The summed E-state index contributed by atoms with van der Waals surface area (Å²) in [6.07, 6.45) is -10.0. The van der Waals surface area contributed by atoms with Gasteiger partial charge in [0.15, 0.2) is 30.0 Å². The number of carbonyl (C=O) groups is 1. The lowest BCUT2D eigenvalue weighted by Gasteiger charge is -2.42. The first-order chi connectivity index (χ1) is 15.1. The van der Waals surface area contributed by atoms with Crippen molar-refractivity contribution in [1.29, 1.82) is 0 Å². The molecule has 2 heterocycles. The van der Waals surface area contributed by atoms with Gasteiger partial charge in [-0.25, -0.2) is 0 Å². The van der Waals surface area contributed by atoms with Crippen molar-refractivity contribution in [3.05, 3.63) is 41.5 Å². The van der Waals surface area contributed by atoms with E-state index in [4.69, 9.17) is 14.2 Å². The van der Waals surface area contributed by atoms with Gasteiger partial charge in [-0.15, -0.1) is 0 Å². The van der Waals surface area contributed by atoms with Crippen LogP contribution >= 0.6 is 0 Å². The predicted molar refractivity (Wildman–Crippen MR) is 104 cm³/mol. The van der Waals surface area contributed by atoms with Crippen molar-refractivity contribution >= 4 is 5.78 Å². The van der Waals surface area contributed by atoms with Gasteiger partial charge in [-0.2, -0.15) is 0 Å². The first kappa shape index (κ1) is 22.1. The van der Waals surface area contributed by atoms with Gasteiger partial charge in [-0.1, -0.05) is 6.07 Å². The molecular weight excluding hydrogens is 428 g/mol. The number of phenolic OH excluding ortho intramolecular Hbond substituents is 4. The molecule has 0 aliphatic carbocycles. The van der Waals surface area contributed by atoms with Crippen molar-refractivity contribution in [2.75, 3.05) is 0 Å². The van der Waals surface area contributed by atoms with Crippen LogP contribution in [0.4, 0.5) is 0 Å². The highest BCUT2D eigenvalue weighted by Crippen LogP contribution is 2.44. The number of carbonyl (C=O) groups excluding carboxylic acids is 1. The molecule has 7 N–H and O–H groups in total. The van der Waals surface area contributed by atoms with Gasteiger partial charge < -0.3 is 50.0 Å². The number of Topliss-reactive ketones (excluding diaryl/α,β-unsaturated/α-hetero) is 1. The largest absolute Gasteiger partial charge is 0.508 e. The Morgan fingerprint density at radius 1 is 0.875 bits per heavy atom. The van der Waals surface area contributed by atoms with Gasteiger partial charge in [0.05, 0.1) is 6.10 Å². The van der Waals surface area contributed by atoms with Gasteiger partial charge in [0.2, 0.25) is 5.78 Å². The smallest absolute Gasteiger partial charge is 0.203 e. The van der Waals surface area contributed by atoms with Gasteiger partial charge in [0.25, 0.3) is 0 Å². The van der Waals surface area contributed by atoms with Gasteiger partial charge in [-0.3, -0.25) is 4.79 Å². The average molecular weight is 450 g/mol. The molecule has 7 atom stereocenters. The van der Waals surface area contributed by atoms with Crippen molar-refractivity contribution in [2.45, 2.75) is 49.8 Å². The Labute approximate surface area is 181 Å². The van der Waals surface area contributed by atoms with E-state index in [1.165, 1.54) is 19.1 Å². The first-order valence-electron chi connectivity index (χ1n) is 9.72. The quantitative estimate of drug-likeness (QED) is 0.313. The summed E-state index contributed by atoms with van der Waals surface area (Å²) in [6.45, 7) is 1.44. The molecule has 4 rings (SSSR count). The van der Waals surface area contributed by atoms with Crippen LogP contribution in [0.3, 0.4) is 0 Å². The third-order valence-corrected chi connectivity index (χ3v) is 5.52. The number of ketones is 1. The lowest BCUT2D eigenvalue weighted by atomic mass is 9.92. The molecule has 1 saturated heterocycles. The van der Waals surface area contributed by atoms with E-state index in [9.17, 15) is 40.5 Å². The minimum absolute atomic E-state index is 0.154. The third-order valence-electron chi connectivity index (χ3n) is 5.52. The van der Waals surface area contributed by atoms with Crippen molar-refractivity contribution in [3.63, 3.8) is 0 Å². The van der Waals surface area contributed by atoms with E-state index in [0.717, 1.165) is 18.2 Å². The first-order valence-corrected chi connectivity index (χ1v) is 9.72. The Morgan fingerprint density at radius 2 is 1.59 bits per heavy atom. The number of rotatable bonds is 3. The summed E-state index contributed by atoms with van der Waals surface area (Å²) in [4.78, 5) is 13.3. The maximum Gasteiger partial charge on any atom is 0.203 e. The molecule has 2 aromatic rings. The van der Waals surface area contributed by atoms with E-state index < -0.39 is 65.9 Å². The number of fused-ring (bicyclic) bond motifs is 1. The van der Waals surface area contributed by atoms with Crippen molar-refractivity contribution in [3.8, 4) is 28.7 Å². The number of hydrogen-bond donors (Lipinski definition) is 7. The second-order valence-electron chi connectivity index (χ2n) is 7.73. The minimum Gasteiger partial charge on any atom is -0.508 e. The van der Waals surface area contributed by atoms with E-state index in [1.54, 1.807) is 0 Å². The lowest BCUT2D eigenvalue weighted by molar-refractivity contribution is -0.304. The Kier molecular flexibility index (Phi) is 5.61. The van der Waals surface area contributed by atoms with Crippen LogP contribution in [-0.4, -0.2) is 78.3 Å². The molecule has 0 bridgehead atoms. The van der Waals surface area contributed by atoms with Crippen LogP contribution < -0.4 is 4.74 Å². The maximum absolute atomic E-state index is 13.3. The Morgan fingerprint density at radius 3 is 2.28 bits per heavy atom. The number of phenols is 4. The molecule has 0 saturated carbocycles. The Hall–Kier alpha value is -3.09. The van der Waals surface area contributed by atoms with Crippen LogP contribution in [-0.2, 0) is 9.47 Å². The van der Waals surface area contributed by atoms with Crippen LogP contribution in [0.1, 0.15) is 28.9 Å². The molecule has 0 radical (unpaired) electrons. The summed E-state index contributed by atoms with van der Waals surface area (Å²) in [7, 11) is 0. The highest BCUT2D eigenvalue weighted by Gasteiger charge is 2.48. The summed E-state index contributed by atoms with van der Waals surface area (Å²) in [5, 5.41) is 69.7. The van der Waals surface area contributed by atoms with Crippen LogP contribution in [0, 0.1) is 0 Å². The fourth-order valence-electron chi connectivity index (χ4n) is 3.77. The number of aliphatic hydroxyl groups excluding tert-OH is 3. The van der Waals surface area contributed by atoms with E-state index in [0.29, 0.717) is 0 Å². The molecule has 32 heavy (non-hydrogen) atoms. The zero-order valence-corrected chi connectivity index (χ0v) is 16.7. The van der Waals surface area contributed by atoms with Crippen LogP contribution in [0.5, 0.6) is 28.7 Å². The Balaban J connectivity index is 1.75. The van der Waals surface area contributed by atoms with Gasteiger partial charge in [0, 0.05) is 12.1 Å². The maximum atomic E-state index is 13.3. The zero-order valence-electron chi connectivity index (χ0n) is 16.7. The van der Waals surface area contributed by atoms with Crippen LogP contribution in [0.15, 0.2) is 30.3 Å². The number of aromatic hydroxyl groups is 4. The minimum atomic E-state index is -1.71. The molecule has 0 aromatic heterocycles. The molecule has 11 heteroatoms. The molecule has 0 amide bonds. The van der Waals surface area contributed by atoms with E-state index in [2.05, 4.69) is 0 Å². The highest BCUT2D eigenvalue weighted by atomic mass is 16.7. The van der Waals surface area contributed by atoms with Gasteiger partial charge in [-0.05, 0) is 24.6 Å². The second-order valence-corrected chi connectivity index (χ2v) is 7.73. The van der Waals surface area contributed by atoms with Gasteiger partial charge in [0.1, 0.15) is 41.1 Å². The number of benzene rings is 2. The summed E-state index contributed by atoms with van der Waals surface area (Å²) < 4.78 is 16.9. The van der Waals surface area contributed by atoms with Crippen molar-refractivity contribution in [2.24, 2.45) is 0 Å². The summed E-state index contributed by atoms with van der Waals surface area (Å²) in [5.74, 6) is -2.79. The summed E-state index contributed by atoms with van der Waals surface area (Å²) >= 11 is 0. The van der Waals surface area contributed by atoms with Crippen LogP contribution in [0.2, 0.25) is 0 Å². The van der Waals surface area contributed by atoms with E-state index >= 15 is 0 Å². The zero-order chi connectivity index (χ0) is 23.3. The molecule has 2 aliphatic heterocycles. The van der Waals surface area contributed by atoms with E-state index in [1.807, 2.05) is 0 Å². The SMILES string of the molecule is CC1O[C@@H](O[C@H]2C(=O)c3c(O)cc(O)cc3O[C@@H]2c2ccc(O)c(O)c2)C(O)[C@@H](O)[C@H]1O. The molecule has 172 valence electrons. The number of aliphatic hydroxyl groups is 3. The van der Waals surface area contributed by atoms with E-state index in [-0.39, 0.29) is 22.6 Å². The lowest BCUT2D eigenvalue weighted by Crippen LogP contribution is -2.59. The molecule has 2 aromatic carbocycles. The number of ether oxygens (including phenoxy) is 3. The van der Waals surface area contributed by atoms with Crippen molar-refractivity contribution < 1.29 is 54.8 Å². The molecule has 2 unspecified atom stereocenters. The van der Waals surface area contributed by atoms with Crippen LogP contribution in [0.25, 0.3) is 0 Å². The molecule has 2 aliphatic rings. The normalized spacial score (nSPS) is 32.2. The monoisotopic (exact) mass is 450 g/mol. The highest BCUT2D eigenvalue weighted by molar-refractivity contribution is 6.05. The average Bonchev–Trinajstić information content (AvgIpc) is 2.73. The fraction of sp³-hybridized carbons (Fsp3) is 0.381. The molecule has 11 nitrogen and oxygen atoms in total. The molecular formula is C21H22O11. The molecule has 0 spiro atoms. The van der Waals surface area contributed by atoms with Gasteiger partial charge >= 0.3 is 0 Å². The second kappa shape index (κ2) is 8.11.